The number of amides is 1. The summed E-state index contributed by atoms with van der Waals surface area (Å²) < 4.78 is 11.9. The fourth-order valence-corrected chi connectivity index (χ4v) is 3.34. The van der Waals surface area contributed by atoms with Crippen LogP contribution in [0.25, 0.3) is 0 Å². The minimum atomic E-state index is -0.371. The lowest BCUT2D eigenvalue weighted by molar-refractivity contribution is -0.126. The second-order valence-corrected chi connectivity index (χ2v) is 5.99. The van der Waals surface area contributed by atoms with E-state index < -0.39 is 0 Å². The van der Waals surface area contributed by atoms with Gasteiger partial charge in [-0.2, -0.15) is 0 Å². The molecule has 4 nitrogen and oxygen atoms in total. The standard InChI is InChI=1S/C16H22INO3/c1-4-14-16(19)18(6-5-7-20-3)13-8-11(2)12(10-17)9-15(13)21-14/h8-9,14H,4-7,10H2,1-3H3. The summed E-state index contributed by atoms with van der Waals surface area (Å²) in [6.45, 7) is 5.39. The van der Waals surface area contributed by atoms with Crippen molar-refractivity contribution in [3.63, 3.8) is 0 Å². The van der Waals surface area contributed by atoms with Crippen molar-refractivity contribution in [2.45, 2.75) is 37.2 Å². The van der Waals surface area contributed by atoms with E-state index in [1.165, 1.54) is 11.1 Å². The summed E-state index contributed by atoms with van der Waals surface area (Å²) in [5.41, 5.74) is 3.36. The van der Waals surface area contributed by atoms with Gasteiger partial charge < -0.3 is 14.4 Å². The molecule has 0 spiro atoms. The minimum absolute atomic E-state index is 0.0581. The Bertz CT molecular complexity index is 518. The van der Waals surface area contributed by atoms with Crippen LogP contribution in [0.2, 0.25) is 0 Å². The van der Waals surface area contributed by atoms with E-state index in [1.807, 2.05) is 11.8 Å². The summed E-state index contributed by atoms with van der Waals surface area (Å²) >= 11 is 2.35. The maximum Gasteiger partial charge on any atom is 0.268 e. The predicted octanol–water partition coefficient (Wildman–Crippen LogP) is 3.47. The van der Waals surface area contributed by atoms with Gasteiger partial charge in [0, 0.05) is 24.7 Å². The van der Waals surface area contributed by atoms with Crippen LogP contribution in [0.1, 0.15) is 30.9 Å². The summed E-state index contributed by atoms with van der Waals surface area (Å²) in [6.07, 6.45) is 1.14. The number of anilines is 1. The van der Waals surface area contributed by atoms with Crippen LogP contribution in [0.15, 0.2) is 12.1 Å². The first-order valence-electron chi connectivity index (χ1n) is 7.28. The topological polar surface area (TPSA) is 38.8 Å². The number of halogens is 1. The third kappa shape index (κ3) is 3.51. The molecule has 0 fully saturated rings. The lowest BCUT2D eigenvalue weighted by Crippen LogP contribution is -2.46. The van der Waals surface area contributed by atoms with Crippen molar-refractivity contribution in [3.05, 3.63) is 23.3 Å². The minimum Gasteiger partial charge on any atom is -0.478 e. The molecular weight excluding hydrogens is 381 g/mol. The molecule has 0 radical (unpaired) electrons. The second-order valence-electron chi connectivity index (χ2n) is 5.23. The molecule has 2 rings (SSSR count). The molecule has 1 aliphatic heterocycles. The molecule has 116 valence electrons. The van der Waals surface area contributed by atoms with Crippen LogP contribution < -0.4 is 9.64 Å². The lowest BCUT2D eigenvalue weighted by Gasteiger charge is -2.34. The highest BCUT2D eigenvalue weighted by Crippen LogP contribution is 2.37. The normalized spacial score (nSPS) is 17.6. The van der Waals surface area contributed by atoms with Crippen molar-refractivity contribution in [1.29, 1.82) is 0 Å². The Labute approximate surface area is 139 Å². The van der Waals surface area contributed by atoms with Gasteiger partial charge in [0.2, 0.25) is 0 Å². The quantitative estimate of drug-likeness (QED) is 0.415. The molecule has 0 saturated carbocycles. The van der Waals surface area contributed by atoms with E-state index in [2.05, 4.69) is 41.6 Å². The smallest absolute Gasteiger partial charge is 0.268 e. The first kappa shape index (κ1) is 16.5. The molecular formula is C16H22INO3. The van der Waals surface area contributed by atoms with Gasteiger partial charge in [0.05, 0.1) is 5.69 Å². The van der Waals surface area contributed by atoms with Gasteiger partial charge >= 0.3 is 0 Å². The van der Waals surface area contributed by atoms with E-state index in [-0.39, 0.29) is 12.0 Å². The maximum absolute atomic E-state index is 12.5. The molecule has 1 aromatic carbocycles. The summed E-state index contributed by atoms with van der Waals surface area (Å²) in [6, 6.07) is 4.15. The molecule has 1 heterocycles. The average molecular weight is 403 g/mol. The van der Waals surface area contributed by atoms with E-state index in [0.717, 1.165) is 22.3 Å². The molecule has 0 aromatic heterocycles. The zero-order valence-electron chi connectivity index (χ0n) is 12.8. The van der Waals surface area contributed by atoms with E-state index in [1.54, 1.807) is 7.11 Å². The second kappa shape index (κ2) is 7.45. The molecule has 0 bridgehead atoms. The first-order chi connectivity index (χ1) is 10.1. The molecule has 0 aliphatic carbocycles. The van der Waals surface area contributed by atoms with E-state index in [0.29, 0.717) is 19.6 Å². The molecule has 0 saturated heterocycles. The van der Waals surface area contributed by atoms with Gasteiger partial charge in [-0.15, -0.1) is 0 Å². The zero-order chi connectivity index (χ0) is 15.4. The number of ether oxygens (including phenoxy) is 2. The van der Waals surface area contributed by atoms with Gasteiger partial charge in [-0.1, -0.05) is 29.5 Å². The van der Waals surface area contributed by atoms with Gasteiger partial charge in [0.1, 0.15) is 5.75 Å². The third-order valence-corrected chi connectivity index (χ3v) is 4.59. The largest absolute Gasteiger partial charge is 0.478 e. The van der Waals surface area contributed by atoms with E-state index in [4.69, 9.17) is 9.47 Å². The summed E-state index contributed by atoms with van der Waals surface area (Å²) in [5, 5.41) is 0. The van der Waals surface area contributed by atoms with Crippen LogP contribution in [0.4, 0.5) is 5.69 Å². The van der Waals surface area contributed by atoms with Crippen molar-refractivity contribution in [2.75, 3.05) is 25.2 Å². The Morgan fingerprint density at radius 3 is 2.81 bits per heavy atom. The van der Waals surface area contributed by atoms with Gasteiger partial charge in [0.25, 0.3) is 5.91 Å². The number of rotatable bonds is 6. The van der Waals surface area contributed by atoms with Crippen LogP contribution >= 0.6 is 22.6 Å². The van der Waals surface area contributed by atoms with Crippen LogP contribution in [0, 0.1) is 6.92 Å². The van der Waals surface area contributed by atoms with Crippen molar-refractivity contribution in [1.82, 2.24) is 0 Å². The van der Waals surface area contributed by atoms with Crippen molar-refractivity contribution < 1.29 is 14.3 Å². The summed E-state index contributed by atoms with van der Waals surface area (Å²) in [5.74, 6) is 0.888. The third-order valence-electron chi connectivity index (χ3n) is 3.76. The number of aryl methyl sites for hydroxylation is 1. The Balaban J connectivity index is 2.35. The van der Waals surface area contributed by atoms with Crippen molar-refractivity contribution >= 4 is 34.2 Å². The van der Waals surface area contributed by atoms with Crippen LogP contribution in [0.3, 0.4) is 0 Å². The molecule has 1 aliphatic rings. The number of nitrogens with zero attached hydrogens (tertiary/aromatic N) is 1. The first-order valence-corrected chi connectivity index (χ1v) is 8.81. The molecule has 1 unspecified atom stereocenters. The van der Waals surface area contributed by atoms with Gasteiger partial charge in [-0.25, -0.2) is 0 Å². The highest BCUT2D eigenvalue weighted by atomic mass is 127. The molecule has 1 atom stereocenters. The molecule has 0 N–H and O–H groups in total. The SMILES string of the molecule is CCC1Oc2cc(CI)c(C)cc2N(CCCOC)C1=O. The zero-order valence-corrected chi connectivity index (χ0v) is 15.0. The maximum atomic E-state index is 12.5. The Morgan fingerprint density at radius 1 is 1.43 bits per heavy atom. The number of hydrogen-bond acceptors (Lipinski definition) is 3. The highest BCUT2D eigenvalue weighted by molar-refractivity contribution is 14.1. The monoisotopic (exact) mass is 403 g/mol. The summed E-state index contributed by atoms with van der Waals surface area (Å²) in [4.78, 5) is 14.4. The number of benzene rings is 1. The number of alkyl halides is 1. The molecule has 1 aromatic rings. The van der Waals surface area contributed by atoms with Gasteiger partial charge in [-0.05, 0) is 43.0 Å². The van der Waals surface area contributed by atoms with E-state index >= 15 is 0 Å². The lowest BCUT2D eigenvalue weighted by atomic mass is 10.0. The van der Waals surface area contributed by atoms with Crippen LogP contribution in [0.5, 0.6) is 5.75 Å². The molecule has 5 heteroatoms. The fraction of sp³-hybridized carbons (Fsp3) is 0.562. The molecule has 1 amide bonds. The van der Waals surface area contributed by atoms with Crippen molar-refractivity contribution in [3.8, 4) is 5.75 Å². The van der Waals surface area contributed by atoms with Crippen LogP contribution in [-0.2, 0) is 14.0 Å². The Kier molecular flexibility index (Phi) is 5.87. The highest BCUT2D eigenvalue weighted by Gasteiger charge is 2.33. The number of carbonyl (C=O) groups excluding carboxylic acids is 1. The van der Waals surface area contributed by atoms with Gasteiger partial charge in [0.15, 0.2) is 6.10 Å². The predicted molar refractivity (Wildman–Crippen MR) is 92.5 cm³/mol. The number of carbonyl (C=O) groups is 1. The summed E-state index contributed by atoms with van der Waals surface area (Å²) in [7, 11) is 1.68. The number of fused-ring (bicyclic) bond motifs is 1. The van der Waals surface area contributed by atoms with Gasteiger partial charge in [-0.3, -0.25) is 4.79 Å². The number of hydrogen-bond donors (Lipinski definition) is 0. The van der Waals surface area contributed by atoms with E-state index in [9.17, 15) is 4.79 Å². The Morgan fingerprint density at radius 2 is 2.19 bits per heavy atom. The van der Waals surface area contributed by atoms with Crippen molar-refractivity contribution in [2.24, 2.45) is 0 Å². The Hall–Kier alpha value is -0.820. The number of methoxy groups -OCH3 is 1. The average Bonchev–Trinajstić information content (AvgIpc) is 2.49. The molecule has 21 heavy (non-hydrogen) atoms. The van der Waals surface area contributed by atoms with Crippen LogP contribution in [-0.4, -0.2) is 32.3 Å². The fourth-order valence-electron chi connectivity index (χ4n) is 2.52.